The molecule has 1 aromatic carbocycles. The van der Waals surface area contributed by atoms with Gasteiger partial charge in [0.15, 0.2) is 11.8 Å². The maximum atomic E-state index is 13.3. The standard InChI is InChI=1S/C58H69N15O18/c1-33(75)61-24-46(76)38-11-2-4-21-59-56-69-57(71-58(70-56)91-37-19-17-34(18-20-37)23-43(54(87)88)67-47(77)26-63-53(86)44(32-74)68-48(78)25-62-52(38)85)60-22-5-3-16-45(55(89)90)73(31-51(83)84)28-36-10-7-13-40(65-36)42-15-8-14-41(66-42)39-12-6-9-35(64-39)27-72(29-49(79)80)30-50(81)82/h6-10,12-15,17-20,38,43-45,74H,2-5,11,16,21-32H2,1H3,(H,61,75)(H,62,85)(H,63,86)(H,67,77)(H,68,78)(H,79,80)(H,81,82)(H,83,84)(H,87,88)(H,89,90)(H2,59,60,69,70,71)/p-4/t38-,43+,44+,45?/m1/s1. The summed E-state index contributed by atoms with van der Waals surface area (Å²) in [5, 5.41) is 108. The SMILES string of the molecule is CC([O-])=NCC(=O)[C@H]1CCCCNc2nc(NCCCCC(C(=O)O)N(CC(=O)O)Cc3cccc(-c4cccc(-c5cccc(CN(CC(=O)[O-])CC(=O)O)n5)n4)n3)nc(n2)Oc2ccc(cc2)C[C@@H](C(=O)O)N=C([O-])CNC(=O)[C@H](CO)N=C([O-])CNC1=O. The van der Waals surface area contributed by atoms with Gasteiger partial charge in [0, 0.05) is 52.2 Å². The number of ketones is 1. The minimum atomic E-state index is -1.73. The zero-order chi connectivity index (χ0) is 66.0. The Kier molecular flexibility index (Phi) is 26.5. The minimum Gasteiger partial charge on any atom is -0.862 e. The number of anilines is 2. The number of unbranched alkanes of at least 4 members (excludes halogenated alkanes) is 1. The van der Waals surface area contributed by atoms with E-state index in [0.717, 1.165) is 11.8 Å². The molecule has 4 atom stereocenters. The number of carbonyl (C=O) groups excluding carboxylic acids is 4. The fourth-order valence-electron chi connectivity index (χ4n) is 9.06. The van der Waals surface area contributed by atoms with Crippen molar-refractivity contribution >= 4 is 77.0 Å². The molecular weight excluding hydrogens is 1190 g/mol. The molecule has 0 fully saturated rings. The van der Waals surface area contributed by atoms with Gasteiger partial charge in [0.05, 0.1) is 72.3 Å². The molecule has 4 aromatic heterocycles. The Hall–Kier alpha value is -10.7. The maximum absolute atomic E-state index is 13.3. The number of aliphatic hydroxyl groups is 1. The number of pyridine rings is 3. The number of aliphatic carboxylic acids is 5. The van der Waals surface area contributed by atoms with E-state index in [0.29, 0.717) is 52.6 Å². The fraction of sp³-hybridized carbons (Fsp3) is 0.397. The zero-order valence-corrected chi connectivity index (χ0v) is 49.0. The van der Waals surface area contributed by atoms with Crippen LogP contribution in [0, 0.1) is 5.92 Å². The highest BCUT2D eigenvalue weighted by molar-refractivity contribution is 6.03. The highest BCUT2D eigenvalue weighted by atomic mass is 16.5. The van der Waals surface area contributed by atoms with Crippen LogP contribution in [0.4, 0.5) is 11.9 Å². The number of carboxylic acids is 5. The quantitative estimate of drug-likeness (QED) is 0.00931. The molecule has 0 saturated heterocycles. The Morgan fingerprint density at radius 2 is 1.33 bits per heavy atom. The summed E-state index contributed by atoms with van der Waals surface area (Å²) < 4.78 is 5.98. The molecule has 0 aliphatic carbocycles. The van der Waals surface area contributed by atoms with Crippen LogP contribution in [0.5, 0.6) is 11.8 Å². The van der Waals surface area contributed by atoms with Gasteiger partial charge in [0.2, 0.25) is 23.7 Å². The molecule has 91 heavy (non-hydrogen) atoms. The molecule has 484 valence electrons. The number of aliphatic hydroxyl groups excluding tert-OH is 1. The molecule has 2 amide bonds. The van der Waals surface area contributed by atoms with Gasteiger partial charge in [0.25, 0.3) is 0 Å². The van der Waals surface area contributed by atoms with Gasteiger partial charge in [-0.25, -0.2) is 19.7 Å². The average molecular weight is 1260 g/mol. The molecule has 7 rings (SSSR count). The average Bonchev–Trinajstić information content (AvgIpc) is 1.53. The number of aromatic nitrogens is 6. The second kappa shape index (κ2) is 34.8. The third-order valence-electron chi connectivity index (χ3n) is 13.3. The molecule has 0 saturated carbocycles. The largest absolute Gasteiger partial charge is 0.862 e. The summed E-state index contributed by atoms with van der Waals surface area (Å²) in [7, 11) is 0. The van der Waals surface area contributed by atoms with Gasteiger partial charge in [-0.05, 0) is 111 Å². The van der Waals surface area contributed by atoms with Gasteiger partial charge in [-0.1, -0.05) is 36.8 Å². The van der Waals surface area contributed by atoms with Gasteiger partial charge in [0.1, 0.15) is 17.8 Å². The van der Waals surface area contributed by atoms with Crippen molar-refractivity contribution in [1.82, 2.24) is 50.3 Å². The molecule has 33 nitrogen and oxygen atoms in total. The van der Waals surface area contributed by atoms with Crippen LogP contribution < -0.4 is 46.4 Å². The van der Waals surface area contributed by atoms with Crippen molar-refractivity contribution in [2.45, 2.75) is 83.1 Å². The van der Waals surface area contributed by atoms with Crippen molar-refractivity contribution in [3.05, 3.63) is 95.8 Å². The van der Waals surface area contributed by atoms with Crippen LogP contribution in [0.15, 0.2) is 93.8 Å². The smallest absolute Gasteiger partial charge is 0.328 e. The fourth-order valence-corrected chi connectivity index (χ4v) is 9.06. The number of hydrogen-bond donors (Lipinski definition) is 9. The van der Waals surface area contributed by atoms with Crippen LogP contribution in [-0.2, 0) is 57.9 Å². The van der Waals surface area contributed by atoms with Crippen molar-refractivity contribution in [3.8, 4) is 34.5 Å². The predicted octanol–water partition coefficient (Wildman–Crippen LogP) is -2.89. The number of rotatable bonds is 25. The number of hydrogen-bond acceptors (Lipinski definition) is 27. The van der Waals surface area contributed by atoms with E-state index < -0.39 is 135 Å². The molecule has 4 bridgehead atoms. The molecule has 5 aromatic rings. The lowest BCUT2D eigenvalue weighted by atomic mass is 9.96. The minimum absolute atomic E-state index is 0.00342. The summed E-state index contributed by atoms with van der Waals surface area (Å²) in [5.41, 5.74) is 2.63. The molecule has 6 heterocycles. The van der Waals surface area contributed by atoms with E-state index in [1.54, 1.807) is 54.6 Å². The summed E-state index contributed by atoms with van der Waals surface area (Å²) in [4.78, 5) is 140. The number of aliphatic imine (C=N–C) groups is 3. The molecule has 0 spiro atoms. The Bertz CT molecular complexity index is 3460. The van der Waals surface area contributed by atoms with Crippen molar-refractivity contribution < 1.29 is 89.1 Å². The van der Waals surface area contributed by atoms with Gasteiger partial charge >= 0.3 is 29.9 Å². The van der Waals surface area contributed by atoms with E-state index >= 15 is 0 Å². The van der Waals surface area contributed by atoms with Gasteiger partial charge in [-0.3, -0.25) is 53.5 Å². The first-order valence-electron chi connectivity index (χ1n) is 28.3. The van der Waals surface area contributed by atoms with Crippen molar-refractivity contribution in [1.29, 1.82) is 0 Å². The second-order valence-corrected chi connectivity index (χ2v) is 20.4. The van der Waals surface area contributed by atoms with E-state index in [-0.39, 0.29) is 81.9 Å². The Balaban J connectivity index is 1.15. The highest BCUT2D eigenvalue weighted by Crippen LogP contribution is 2.25. The monoisotopic (exact) mass is 1260 g/mol. The van der Waals surface area contributed by atoms with Crippen LogP contribution >= 0.6 is 0 Å². The van der Waals surface area contributed by atoms with E-state index in [9.17, 15) is 84.3 Å². The van der Waals surface area contributed by atoms with Gasteiger partial charge < -0.3 is 76.8 Å². The summed E-state index contributed by atoms with van der Waals surface area (Å²) in [5.74, 6) is -13.5. The first-order valence-corrected chi connectivity index (χ1v) is 28.3. The van der Waals surface area contributed by atoms with Gasteiger partial charge in [-0.15, -0.1) is 0 Å². The number of Topliss-reactive ketones (excluding diaryl/α,β-unsaturated/α-hetero) is 1. The van der Waals surface area contributed by atoms with Crippen LogP contribution in [0.25, 0.3) is 22.8 Å². The number of carboxylic acid groups (broad SMARTS) is 5. The maximum Gasteiger partial charge on any atom is 0.328 e. The topological polar surface area (TPSA) is 508 Å². The summed E-state index contributed by atoms with van der Waals surface area (Å²) in [6.45, 7) is -3.99. The second-order valence-electron chi connectivity index (χ2n) is 20.4. The number of amides is 2. The first-order chi connectivity index (χ1) is 43.5. The molecule has 1 unspecified atom stereocenters. The van der Waals surface area contributed by atoms with E-state index in [1.165, 1.54) is 29.2 Å². The summed E-state index contributed by atoms with van der Waals surface area (Å²) in [6, 6.07) is 16.0. The van der Waals surface area contributed by atoms with Crippen LogP contribution in [0.2, 0.25) is 0 Å². The third-order valence-corrected chi connectivity index (χ3v) is 13.3. The van der Waals surface area contributed by atoms with Crippen LogP contribution in [-0.4, -0.2) is 207 Å². The number of benzene rings is 1. The molecule has 0 radical (unpaired) electrons. The summed E-state index contributed by atoms with van der Waals surface area (Å²) in [6.07, 6.45) is 0.711. The first kappa shape index (κ1) is 69.4. The number of nitrogens with one attached hydrogen (secondary N) is 4. The lowest BCUT2D eigenvalue weighted by molar-refractivity contribution is -0.306. The Labute approximate surface area is 518 Å². The predicted molar refractivity (Wildman–Crippen MR) is 312 cm³/mol. The molecule has 9 N–H and O–H groups in total. The zero-order valence-electron chi connectivity index (χ0n) is 49.0. The van der Waals surface area contributed by atoms with Crippen molar-refractivity contribution in [2.24, 2.45) is 20.9 Å². The lowest BCUT2D eigenvalue weighted by Gasteiger charge is -2.27. The highest BCUT2D eigenvalue weighted by Gasteiger charge is 2.29. The summed E-state index contributed by atoms with van der Waals surface area (Å²) >= 11 is 0. The van der Waals surface area contributed by atoms with Crippen molar-refractivity contribution in [3.63, 3.8) is 0 Å². The molecule has 2 aliphatic heterocycles. The lowest BCUT2D eigenvalue weighted by Crippen LogP contribution is -2.45. The van der Waals surface area contributed by atoms with Crippen LogP contribution in [0.1, 0.15) is 62.4 Å². The van der Waals surface area contributed by atoms with Crippen molar-refractivity contribution in [2.75, 3.05) is 69.6 Å². The normalized spacial score (nSPS) is 16.8. The molecule has 2 aliphatic rings. The molecule has 33 heteroatoms. The van der Waals surface area contributed by atoms with Crippen LogP contribution in [0.3, 0.4) is 0 Å². The number of nitrogens with zero attached hydrogens (tertiary/aromatic N) is 11. The number of carbonyl (C=O) groups is 8. The van der Waals surface area contributed by atoms with E-state index in [4.69, 9.17) is 14.7 Å². The Morgan fingerprint density at radius 1 is 0.714 bits per heavy atom. The Morgan fingerprint density at radius 3 is 1.93 bits per heavy atom. The van der Waals surface area contributed by atoms with E-state index in [2.05, 4.69) is 56.2 Å². The number of ether oxygens (including phenoxy) is 1. The number of fused-ring (bicyclic) bond motifs is 18. The molecular formula is C58H65N15O18-4. The third kappa shape index (κ3) is 23.4. The van der Waals surface area contributed by atoms with E-state index in [1.807, 2.05) is 0 Å². The van der Waals surface area contributed by atoms with Gasteiger partial charge in [-0.2, -0.15) is 15.0 Å².